The Morgan fingerprint density at radius 1 is 1.08 bits per heavy atom. The summed E-state index contributed by atoms with van der Waals surface area (Å²) in [6, 6.07) is 8.85. The number of piperazine rings is 1. The Balaban J connectivity index is 1.36. The van der Waals surface area contributed by atoms with Crippen molar-refractivity contribution in [2.75, 3.05) is 32.4 Å². The van der Waals surface area contributed by atoms with Crippen LogP contribution in [0, 0.1) is 5.82 Å². The molecule has 0 spiro atoms. The van der Waals surface area contributed by atoms with Gasteiger partial charge in [0.2, 0.25) is 0 Å². The Morgan fingerprint density at radius 2 is 1.78 bits per heavy atom. The van der Waals surface area contributed by atoms with E-state index in [4.69, 9.17) is 0 Å². The lowest BCUT2D eigenvalue weighted by Gasteiger charge is -2.36. The van der Waals surface area contributed by atoms with Gasteiger partial charge in [0.1, 0.15) is 5.84 Å². The van der Waals surface area contributed by atoms with Crippen molar-refractivity contribution in [3.8, 4) is 5.82 Å². The number of amides is 1. The standard InChI is InChI=1S/C23H21FN8O4S/c1-37(35,36)28-21(15-5-3-2-4-6-15)30-9-11-31(12-10-30)23(34)20(33)16-13-25-19-18(16)17(24)14-26-22(19)32-8-7-27-29-32/h2-8,13-14,25H,9-12H2,1H3/b28-21-. The number of nitrogens with zero attached hydrogens (tertiary/aromatic N) is 7. The zero-order valence-corrected chi connectivity index (χ0v) is 20.4. The lowest BCUT2D eigenvalue weighted by Crippen LogP contribution is -2.52. The van der Waals surface area contributed by atoms with Crippen molar-refractivity contribution in [3.05, 3.63) is 72.1 Å². The molecule has 1 aromatic carbocycles. The van der Waals surface area contributed by atoms with E-state index in [1.54, 1.807) is 29.2 Å². The predicted octanol–water partition coefficient (Wildman–Crippen LogP) is 1.02. The number of nitrogens with one attached hydrogen (secondary N) is 1. The first kappa shape index (κ1) is 24.2. The molecule has 1 aliphatic heterocycles. The molecule has 1 aliphatic rings. The number of aromatic amines is 1. The molecule has 14 heteroatoms. The van der Waals surface area contributed by atoms with Crippen LogP contribution in [0.4, 0.5) is 4.39 Å². The third-order valence-electron chi connectivity index (χ3n) is 5.87. The smallest absolute Gasteiger partial charge is 0.295 e. The molecule has 1 N–H and O–H groups in total. The SMILES string of the molecule is CS(=O)(=O)/N=C(/c1ccccc1)N1CCN(C(=O)C(=O)c2c[nH]c3c(-n4ccnn4)ncc(F)c23)CC1. The van der Waals surface area contributed by atoms with Gasteiger partial charge in [-0.05, 0) is 0 Å². The maximum absolute atomic E-state index is 14.7. The number of H-pyrrole nitrogens is 1. The van der Waals surface area contributed by atoms with Crippen LogP contribution in [-0.2, 0) is 14.8 Å². The second-order valence-corrected chi connectivity index (χ2v) is 10.0. The molecular weight excluding hydrogens is 503 g/mol. The third-order valence-corrected chi connectivity index (χ3v) is 6.38. The average Bonchev–Trinajstić information content (AvgIpc) is 3.58. The molecule has 0 aliphatic carbocycles. The van der Waals surface area contributed by atoms with E-state index in [1.165, 1.54) is 28.2 Å². The van der Waals surface area contributed by atoms with Gasteiger partial charge in [-0.2, -0.15) is 0 Å². The molecule has 1 amide bonds. The number of pyridine rings is 1. The van der Waals surface area contributed by atoms with Gasteiger partial charge in [-0.3, -0.25) is 9.59 Å². The minimum atomic E-state index is -3.68. The number of benzene rings is 1. The van der Waals surface area contributed by atoms with Crippen molar-refractivity contribution in [3.63, 3.8) is 0 Å². The number of hydrogen-bond donors (Lipinski definition) is 1. The Bertz CT molecular complexity index is 1610. The van der Waals surface area contributed by atoms with Crippen LogP contribution in [0.5, 0.6) is 0 Å². The Labute approximate surface area is 210 Å². The van der Waals surface area contributed by atoms with Gasteiger partial charge in [-0.1, -0.05) is 35.5 Å². The molecule has 0 unspecified atom stereocenters. The first-order valence-electron chi connectivity index (χ1n) is 11.2. The van der Waals surface area contributed by atoms with Crippen molar-refractivity contribution < 1.29 is 22.4 Å². The number of fused-ring (bicyclic) bond motifs is 1. The first-order valence-corrected chi connectivity index (χ1v) is 13.0. The number of Topliss-reactive ketones (excluding diaryl/α,β-unsaturated/α-hetero) is 1. The number of carbonyl (C=O) groups excluding carboxylic acids is 2. The summed E-state index contributed by atoms with van der Waals surface area (Å²) in [5.74, 6) is -1.92. The van der Waals surface area contributed by atoms with Gasteiger partial charge in [0.25, 0.3) is 21.7 Å². The van der Waals surface area contributed by atoms with Crippen molar-refractivity contribution >= 4 is 38.5 Å². The zero-order chi connectivity index (χ0) is 26.2. The van der Waals surface area contributed by atoms with Crippen molar-refractivity contribution in [2.45, 2.75) is 0 Å². The van der Waals surface area contributed by atoms with Crippen LogP contribution >= 0.6 is 0 Å². The number of halogens is 1. The summed E-state index contributed by atoms with van der Waals surface area (Å²) in [5, 5.41) is 7.49. The van der Waals surface area contributed by atoms with Crippen LogP contribution in [-0.4, -0.2) is 93.1 Å². The molecule has 0 bridgehead atoms. The van der Waals surface area contributed by atoms with E-state index in [9.17, 15) is 22.4 Å². The molecule has 0 radical (unpaired) electrons. The number of amidine groups is 1. The number of sulfonamides is 1. The molecule has 1 fully saturated rings. The summed E-state index contributed by atoms with van der Waals surface area (Å²) in [5.41, 5.74) is 0.707. The van der Waals surface area contributed by atoms with Gasteiger partial charge in [0, 0.05) is 37.9 Å². The highest BCUT2D eigenvalue weighted by Gasteiger charge is 2.31. The summed E-state index contributed by atoms with van der Waals surface area (Å²) in [7, 11) is -3.68. The molecule has 37 heavy (non-hydrogen) atoms. The highest BCUT2D eigenvalue weighted by atomic mass is 32.2. The highest BCUT2D eigenvalue weighted by molar-refractivity contribution is 7.89. The first-order chi connectivity index (χ1) is 17.7. The van der Waals surface area contributed by atoms with E-state index in [1.807, 2.05) is 6.07 Å². The molecule has 4 aromatic rings. The van der Waals surface area contributed by atoms with Crippen molar-refractivity contribution in [1.82, 2.24) is 34.8 Å². The van der Waals surface area contributed by atoms with Crippen LogP contribution in [0.3, 0.4) is 0 Å². The summed E-state index contributed by atoms with van der Waals surface area (Å²) in [6.45, 7) is 0.809. The molecule has 4 heterocycles. The monoisotopic (exact) mass is 524 g/mol. The van der Waals surface area contributed by atoms with Crippen molar-refractivity contribution in [2.24, 2.45) is 4.40 Å². The second-order valence-electron chi connectivity index (χ2n) is 8.35. The number of aromatic nitrogens is 5. The van der Waals surface area contributed by atoms with E-state index < -0.39 is 27.5 Å². The molecule has 5 rings (SSSR count). The van der Waals surface area contributed by atoms with E-state index >= 15 is 0 Å². The molecule has 0 saturated carbocycles. The third kappa shape index (κ3) is 4.82. The quantitative estimate of drug-likeness (QED) is 0.176. The summed E-state index contributed by atoms with van der Waals surface area (Å²) in [6.07, 6.45) is 6.19. The zero-order valence-electron chi connectivity index (χ0n) is 19.6. The Kier molecular flexibility index (Phi) is 6.25. The number of rotatable bonds is 5. The topological polar surface area (TPSA) is 147 Å². The van der Waals surface area contributed by atoms with Gasteiger partial charge in [-0.15, -0.1) is 9.50 Å². The molecule has 190 valence electrons. The minimum absolute atomic E-state index is 0.0656. The number of hydrogen-bond acceptors (Lipinski definition) is 7. The van der Waals surface area contributed by atoms with Gasteiger partial charge in [0.15, 0.2) is 11.6 Å². The molecule has 0 atom stereocenters. The average molecular weight is 525 g/mol. The molecule has 1 saturated heterocycles. The maximum Gasteiger partial charge on any atom is 0.295 e. The lowest BCUT2D eigenvalue weighted by atomic mass is 10.1. The van der Waals surface area contributed by atoms with Crippen LogP contribution in [0.2, 0.25) is 0 Å². The van der Waals surface area contributed by atoms with E-state index in [0.29, 0.717) is 5.56 Å². The summed E-state index contributed by atoms with van der Waals surface area (Å²) < 4.78 is 43.8. The second kappa shape index (κ2) is 9.54. The van der Waals surface area contributed by atoms with Crippen LogP contribution in [0.25, 0.3) is 16.7 Å². The largest absolute Gasteiger partial charge is 0.357 e. The fraction of sp³-hybridized carbons (Fsp3) is 0.217. The minimum Gasteiger partial charge on any atom is -0.357 e. The number of ketones is 1. The van der Waals surface area contributed by atoms with Gasteiger partial charge in [0.05, 0.1) is 41.3 Å². The predicted molar refractivity (Wildman–Crippen MR) is 131 cm³/mol. The van der Waals surface area contributed by atoms with Gasteiger partial charge >= 0.3 is 0 Å². The van der Waals surface area contributed by atoms with Gasteiger partial charge < -0.3 is 14.8 Å². The Hall–Kier alpha value is -4.46. The molecule has 3 aromatic heterocycles. The van der Waals surface area contributed by atoms with Crippen molar-refractivity contribution in [1.29, 1.82) is 0 Å². The number of carbonyl (C=O) groups is 2. The fourth-order valence-electron chi connectivity index (χ4n) is 4.19. The van der Waals surface area contributed by atoms with Gasteiger partial charge in [-0.25, -0.2) is 22.5 Å². The molecule has 12 nitrogen and oxygen atoms in total. The van der Waals surface area contributed by atoms with E-state index in [2.05, 4.69) is 24.7 Å². The summed E-state index contributed by atoms with van der Waals surface area (Å²) >= 11 is 0. The van der Waals surface area contributed by atoms with E-state index in [-0.39, 0.29) is 54.3 Å². The van der Waals surface area contributed by atoms with E-state index in [0.717, 1.165) is 12.5 Å². The van der Waals surface area contributed by atoms with Crippen LogP contribution < -0.4 is 0 Å². The Morgan fingerprint density at radius 3 is 2.43 bits per heavy atom. The maximum atomic E-state index is 14.7. The van der Waals surface area contributed by atoms with Crippen LogP contribution in [0.15, 0.2) is 59.5 Å². The normalized spacial score (nSPS) is 14.8. The lowest BCUT2D eigenvalue weighted by molar-refractivity contribution is -0.127. The highest BCUT2D eigenvalue weighted by Crippen LogP contribution is 2.26. The fourth-order valence-corrected chi connectivity index (χ4v) is 4.72. The van der Waals surface area contributed by atoms with Crippen LogP contribution in [0.1, 0.15) is 15.9 Å². The summed E-state index contributed by atoms with van der Waals surface area (Å²) in [4.78, 5) is 36.2. The molecular formula is C23H21FN8O4S.